The fraction of sp³-hybridized carbons (Fsp3) is 0.208. The zero-order valence-electron chi connectivity index (χ0n) is 17.9. The van der Waals surface area contributed by atoms with Gasteiger partial charge in [-0.05, 0) is 53.9 Å². The molecule has 0 aromatic heterocycles. The summed E-state index contributed by atoms with van der Waals surface area (Å²) in [5.74, 6) is -2.31. The Kier molecular flexibility index (Phi) is 6.39. The normalized spacial score (nSPS) is 16.4. The van der Waals surface area contributed by atoms with Crippen LogP contribution in [0.4, 0.5) is 8.78 Å². The minimum absolute atomic E-state index is 0.0267. The molecule has 1 fully saturated rings. The number of benzene rings is 3. The van der Waals surface area contributed by atoms with Crippen LogP contribution in [-0.4, -0.2) is 42.9 Å². The van der Waals surface area contributed by atoms with Crippen LogP contribution in [0.2, 0.25) is 0 Å². The van der Waals surface area contributed by atoms with Crippen LogP contribution in [0.5, 0.6) is 5.75 Å². The highest BCUT2D eigenvalue weighted by Gasteiger charge is 2.52. The van der Waals surface area contributed by atoms with E-state index in [-0.39, 0.29) is 30.2 Å². The van der Waals surface area contributed by atoms with Gasteiger partial charge < -0.3 is 15.6 Å². The molecule has 1 aliphatic heterocycles. The Morgan fingerprint density at radius 3 is 2.38 bits per heavy atom. The van der Waals surface area contributed by atoms with Crippen molar-refractivity contribution in [2.45, 2.75) is 23.0 Å². The van der Waals surface area contributed by atoms with E-state index in [2.05, 4.69) is 0 Å². The molecule has 178 valence electrons. The lowest BCUT2D eigenvalue weighted by Crippen LogP contribution is -2.64. The lowest BCUT2D eigenvalue weighted by atomic mass is 9.87. The number of hydrogen-bond acceptors (Lipinski definition) is 5. The van der Waals surface area contributed by atoms with Crippen molar-refractivity contribution in [3.05, 3.63) is 95.6 Å². The Morgan fingerprint density at radius 1 is 1.06 bits per heavy atom. The second-order valence-electron chi connectivity index (χ2n) is 8.10. The van der Waals surface area contributed by atoms with Crippen molar-refractivity contribution < 1.29 is 31.8 Å². The highest BCUT2D eigenvalue weighted by molar-refractivity contribution is 7.89. The SMILES string of the molecule is NC(Cc1cccc(S(=O)(=O)N2CC(Oc3ccccc3F)(c3ccc(F)cc3)C2)c1)C(=O)O. The van der Waals surface area contributed by atoms with Crippen LogP contribution < -0.4 is 10.5 Å². The van der Waals surface area contributed by atoms with E-state index in [1.54, 1.807) is 12.1 Å². The predicted molar refractivity (Wildman–Crippen MR) is 120 cm³/mol. The monoisotopic (exact) mass is 488 g/mol. The number of nitrogens with two attached hydrogens (primary N) is 1. The Labute approximate surface area is 195 Å². The van der Waals surface area contributed by atoms with Crippen molar-refractivity contribution in [2.24, 2.45) is 5.73 Å². The van der Waals surface area contributed by atoms with Gasteiger partial charge in [0.25, 0.3) is 0 Å². The Balaban J connectivity index is 1.61. The van der Waals surface area contributed by atoms with E-state index in [0.717, 1.165) is 0 Å². The molecule has 0 saturated carbocycles. The van der Waals surface area contributed by atoms with E-state index in [9.17, 15) is 22.0 Å². The van der Waals surface area contributed by atoms with Crippen molar-refractivity contribution in [3.63, 3.8) is 0 Å². The van der Waals surface area contributed by atoms with Gasteiger partial charge >= 0.3 is 5.97 Å². The Hall–Kier alpha value is -3.34. The van der Waals surface area contributed by atoms with Crippen LogP contribution in [0.15, 0.2) is 77.7 Å². The maximum atomic E-state index is 14.3. The van der Waals surface area contributed by atoms with Gasteiger partial charge in [0.1, 0.15) is 11.9 Å². The summed E-state index contributed by atoms with van der Waals surface area (Å²) in [5, 5.41) is 9.02. The summed E-state index contributed by atoms with van der Waals surface area (Å²) in [5.41, 5.74) is 5.32. The molecule has 7 nitrogen and oxygen atoms in total. The molecule has 3 aromatic carbocycles. The number of carboxylic acids is 1. The van der Waals surface area contributed by atoms with E-state index in [4.69, 9.17) is 15.6 Å². The van der Waals surface area contributed by atoms with Gasteiger partial charge in [-0.2, -0.15) is 4.31 Å². The molecular formula is C24H22F2N2O5S. The van der Waals surface area contributed by atoms with Crippen molar-refractivity contribution in [2.75, 3.05) is 13.1 Å². The first kappa shape index (κ1) is 23.8. The third kappa shape index (κ3) is 4.65. The molecule has 0 amide bonds. The van der Waals surface area contributed by atoms with Crippen LogP contribution in [0.3, 0.4) is 0 Å². The molecule has 1 aliphatic rings. The standard InChI is InChI=1S/C24H22F2N2O5S/c25-18-10-8-17(9-11-18)24(33-22-7-2-1-6-20(22)26)14-28(15-24)34(31,32)19-5-3-4-16(12-19)13-21(27)23(29)30/h1-12,21H,13-15,27H2,(H,29,30). The number of ether oxygens (including phenoxy) is 1. The summed E-state index contributed by atoms with van der Waals surface area (Å²) in [4.78, 5) is 11.0. The lowest BCUT2D eigenvalue weighted by molar-refractivity contribution is -0.138. The van der Waals surface area contributed by atoms with Crippen molar-refractivity contribution in [1.82, 2.24) is 4.31 Å². The first-order chi connectivity index (χ1) is 16.1. The zero-order valence-corrected chi connectivity index (χ0v) is 18.7. The summed E-state index contributed by atoms with van der Waals surface area (Å²) in [7, 11) is -3.97. The van der Waals surface area contributed by atoms with Gasteiger partial charge in [-0.3, -0.25) is 4.79 Å². The van der Waals surface area contributed by atoms with Gasteiger partial charge in [0.05, 0.1) is 18.0 Å². The number of nitrogens with zero attached hydrogens (tertiary/aromatic N) is 1. The number of hydrogen-bond donors (Lipinski definition) is 2. The smallest absolute Gasteiger partial charge is 0.320 e. The van der Waals surface area contributed by atoms with Crippen LogP contribution in [0.1, 0.15) is 11.1 Å². The molecule has 34 heavy (non-hydrogen) atoms. The summed E-state index contributed by atoms with van der Waals surface area (Å²) < 4.78 is 61.5. The molecule has 0 radical (unpaired) electrons. The third-order valence-electron chi connectivity index (χ3n) is 5.68. The number of para-hydroxylation sites is 1. The quantitative estimate of drug-likeness (QED) is 0.505. The average molecular weight is 489 g/mol. The van der Waals surface area contributed by atoms with Crippen LogP contribution in [0.25, 0.3) is 0 Å². The van der Waals surface area contributed by atoms with Gasteiger partial charge in [0, 0.05) is 0 Å². The molecule has 3 N–H and O–H groups in total. The minimum Gasteiger partial charge on any atom is -0.480 e. The summed E-state index contributed by atoms with van der Waals surface area (Å²) >= 11 is 0. The average Bonchev–Trinajstić information content (AvgIpc) is 2.78. The predicted octanol–water partition coefficient (Wildman–Crippen LogP) is 2.90. The zero-order chi connectivity index (χ0) is 24.5. The molecule has 0 aliphatic carbocycles. The van der Waals surface area contributed by atoms with E-state index >= 15 is 0 Å². The second kappa shape index (κ2) is 9.13. The van der Waals surface area contributed by atoms with Gasteiger partial charge in [-0.15, -0.1) is 0 Å². The molecule has 0 bridgehead atoms. The van der Waals surface area contributed by atoms with Gasteiger partial charge in [-0.25, -0.2) is 17.2 Å². The summed E-state index contributed by atoms with van der Waals surface area (Å²) in [6.07, 6.45) is -0.0331. The fourth-order valence-corrected chi connectivity index (χ4v) is 5.42. The van der Waals surface area contributed by atoms with Crippen LogP contribution >= 0.6 is 0 Å². The van der Waals surface area contributed by atoms with E-state index < -0.39 is 39.3 Å². The highest BCUT2D eigenvalue weighted by atomic mass is 32.2. The molecule has 1 saturated heterocycles. The van der Waals surface area contributed by atoms with Crippen molar-refractivity contribution in [3.8, 4) is 5.75 Å². The molecule has 10 heteroatoms. The number of aliphatic carboxylic acids is 1. The van der Waals surface area contributed by atoms with E-state index in [1.165, 1.54) is 65.0 Å². The summed E-state index contributed by atoms with van der Waals surface area (Å²) in [6.45, 7) is -0.262. The van der Waals surface area contributed by atoms with Crippen molar-refractivity contribution in [1.29, 1.82) is 0 Å². The minimum atomic E-state index is -3.97. The van der Waals surface area contributed by atoms with E-state index in [0.29, 0.717) is 11.1 Å². The van der Waals surface area contributed by atoms with Gasteiger partial charge in [0.15, 0.2) is 17.2 Å². The Morgan fingerprint density at radius 2 is 1.74 bits per heavy atom. The first-order valence-electron chi connectivity index (χ1n) is 10.4. The maximum absolute atomic E-state index is 14.3. The third-order valence-corrected chi connectivity index (χ3v) is 7.47. The number of carboxylic acid groups (broad SMARTS) is 1. The molecule has 1 unspecified atom stereocenters. The largest absolute Gasteiger partial charge is 0.480 e. The molecule has 3 aromatic rings. The Bertz CT molecular complexity index is 1310. The summed E-state index contributed by atoms with van der Waals surface area (Å²) in [6, 6.07) is 15.9. The molecule has 1 heterocycles. The van der Waals surface area contributed by atoms with E-state index in [1.807, 2.05) is 0 Å². The topological polar surface area (TPSA) is 110 Å². The molecule has 4 rings (SSSR count). The molecule has 0 spiro atoms. The first-order valence-corrected chi connectivity index (χ1v) is 11.8. The van der Waals surface area contributed by atoms with Gasteiger partial charge in [-0.1, -0.05) is 36.4 Å². The second-order valence-corrected chi connectivity index (χ2v) is 10.0. The number of sulfonamides is 1. The van der Waals surface area contributed by atoms with Crippen LogP contribution in [0, 0.1) is 11.6 Å². The fourth-order valence-electron chi connectivity index (χ4n) is 3.81. The maximum Gasteiger partial charge on any atom is 0.320 e. The number of rotatable bonds is 8. The highest BCUT2D eigenvalue weighted by Crippen LogP contribution is 2.40. The molecular weight excluding hydrogens is 466 g/mol. The lowest BCUT2D eigenvalue weighted by Gasteiger charge is -2.48. The van der Waals surface area contributed by atoms with Crippen molar-refractivity contribution >= 4 is 16.0 Å². The molecule has 1 atom stereocenters. The van der Waals surface area contributed by atoms with Crippen LogP contribution in [-0.2, 0) is 26.8 Å². The number of carbonyl (C=O) groups is 1. The van der Waals surface area contributed by atoms with Gasteiger partial charge in [0.2, 0.25) is 10.0 Å². The number of halogens is 2.